The zero-order valence-electron chi connectivity index (χ0n) is 17.4. The molecule has 1 heterocycles. The van der Waals surface area contributed by atoms with E-state index < -0.39 is 5.41 Å². The van der Waals surface area contributed by atoms with E-state index in [0.717, 1.165) is 16.7 Å². The largest absolute Gasteiger partial charge is 0.353 e. The zero-order valence-corrected chi connectivity index (χ0v) is 17.4. The maximum absolute atomic E-state index is 13.3. The van der Waals surface area contributed by atoms with Crippen LogP contribution in [0.5, 0.6) is 0 Å². The van der Waals surface area contributed by atoms with E-state index in [0.29, 0.717) is 32.4 Å². The summed E-state index contributed by atoms with van der Waals surface area (Å²) in [6.45, 7) is 6.80. The van der Waals surface area contributed by atoms with Crippen molar-refractivity contribution in [1.29, 1.82) is 0 Å². The van der Waals surface area contributed by atoms with Gasteiger partial charge >= 0.3 is 0 Å². The van der Waals surface area contributed by atoms with Crippen LogP contribution in [0.3, 0.4) is 0 Å². The molecule has 0 unspecified atom stereocenters. The molecule has 1 saturated heterocycles. The van der Waals surface area contributed by atoms with Gasteiger partial charge in [0.25, 0.3) is 0 Å². The Hall–Kier alpha value is -2.69. The fourth-order valence-corrected chi connectivity index (χ4v) is 4.03. The summed E-state index contributed by atoms with van der Waals surface area (Å²) in [7, 11) is 0. The number of carbonyl (C=O) groups is 2. The minimum absolute atomic E-state index is 0.00564. The molecule has 0 aliphatic carbocycles. The van der Waals surface area contributed by atoms with E-state index in [1.807, 2.05) is 43.9 Å². The summed E-state index contributed by atoms with van der Waals surface area (Å²) in [5.41, 5.74) is 2.33. The Balaban J connectivity index is 1.88. The number of nitrogens with one attached hydrogen (secondary N) is 1. The minimum Gasteiger partial charge on any atom is -0.353 e. The van der Waals surface area contributed by atoms with Crippen molar-refractivity contribution in [3.8, 4) is 11.1 Å². The Kier molecular flexibility index (Phi) is 6.36. The van der Waals surface area contributed by atoms with Crippen LogP contribution in [-0.2, 0) is 16.0 Å². The van der Waals surface area contributed by atoms with Crippen LogP contribution >= 0.6 is 0 Å². The predicted octanol–water partition coefficient (Wildman–Crippen LogP) is 4.19. The predicted molar refractivity (Wildman–Crippen MR) is 113 cm³/mol. The Morgan fingerprint density at radius 3 is 2.52 bits per heavy atom. The SMILES string of the molecule is CCC(=O)N1CC[C@](Cc2cccc(-c3ccc(F)cc3)c2)(C(=O)NC(C)C)C1. The topological polar surface area (TPSA) is 49.4 Å². The molecule has 154 valence electrons. The first-order valence-electron chi connectivity index (χ1n) is 10.3. The second-order valence-electron chi connectivity index (χ2n) is 8.21. The molecule has 2 amide bonds. The third kappa shape index (κ3) is 4.84. The number of amides is 2. The van der Waals surface area contributed by atoms with Crippen molar-refractivity contribution in [1.82, 2.24) is 10.2 Å². The zero-order chi connectivity index (χ0) is 21.0. The number of hydrogen-bond donors (Lipinski definition) is 1. The van der Waals surface area contributed by atoms with Crippen molar-refractivity contribution in [2.24, 2.45) is 5.41 Å². The van der Waals surface area contributed by atoms with Gasteiger partial charge in [-0.05, 0) is 55.5 Å². The average Bonchev–Trinajstić information content (AvgIpc) is 3.13. The van der Waals surface area contributed by atoms with Gasteiger partial charge in [0.1, 0.15) is 5.82 Å². The lowest BCUT2D eigenvalue weighted by molar-refractivity contribution is -0.133. The van der Waals surface area contributed by atoms with Crippen LogP contribution in [0.2, 0.25) is 0 Å². The van der Waals surface area contributed by atoms with Gasteiger partial charge in [-0.15, -0.1) is 0 Å². The number of likely N-dealkylation sites (tertiary alicyclic amines) is 1. The van der Waals surface area contributed by atoms with Gasteiger partial charge in [0.15, 0.2) is 0 Å². The van der Waals surface area contributed by atoms with Crippen LogP contribution in [0, 0.1) is 11.2 Å². The molecule has 3 rings (SSSR count). The molecule has 5 heteroatoms. The van der Waals surface area contributed by atoms with E-state index in [9.17, 15) is 14.0 Å². The van der Waals surface area contributed by atoms with Crippen molar-refractivity contribution in [2.45, 2.75) is 46.1 Å². The summed E-state index contributed by atoms with van der Waals surface area (Å²) < 4.78 is 13.3. The number of halogens is 1. The van der Waals surface area contributed by atoms with Gasteiger partial charge < -0.3 is 10.2 Å². The van der Waals surface area contributed by atoms with Crippen LogP contribution in [-0.4, -0.2) is 35.8 Å². The second kappa shape index (κ2) is 8.76. The van der Waals surface area contributed by atoms with E-state index in [4.69, 9.17) is 0 Å². The van der Waals surface area contributed by atoms with E-state index >= 15 is 0 Å². The van der Waals surface area contributed by atoms with Gasteiger partial charge in [-0.1, -0.05) is 43.3 Å². The maximum atomic E-state index is 13.3. The van der Waals surface area contributed by atoms with Gasteiger partial charge in [-0.2, -0.15) is 0 Å². The lowest BCUT2D eigenvalue weighted by atomic mass is 9.79. The smallest absolute Gasteiger partial charge is 0.228 e. The normalized spacial score (nSPS) is 18.9. The molecule has 4 nitrogen and oxygen atoms in total. The second-order valence-corrected chi connectivity index (χ2v) is 8.21. The molecule has 0 saturated carbocycles. The number of carbonyl (C=O) groups excluding carboxylic acids is 2. The quantitative estimate of drug-likeness (QED) is 0.796. The molecular formula is C24H29FN2O2. The molecule has 0 radical (unpaired) electrons. The van der Waals surface area contributed by atoms with Gasteiger partial charge in [0.05, 0.1) is 5.41 Å². The van der Waals surface area contributed by atoms with Crippen LogP contribution < -0.4 is 5.32 Å². The molecule has 1 fully saturated rings. The van der Waals surface area contributed by atoms with Gasteiger partial charge in [-0.25, -0.2) is 4.39 Å². The summed E-state index contributed by atoms with van der Waals surface area (Å²) in [5, 5.41) is 3.06. The van der Waals surface area contributed by atoms with Crippen molar-refractivity contribution < 1.29 is 14.0 Å². The molecule has 0 aromatic heterocycles. The highest BCUT2D eigenvalue weighted by molar-refractivity contribution is 5.86. The molecule has 2 aromatic rings. The van der Waals surface area contributed by atoms with Crippen molar-refractivity contribution >= 4 is 11.8 Å². The van der Waals surface area contributed by atoms with Gasteiger partial charge in [0, 0.05) is 25.6 Å². The van der Waals surface area contributed by atoms with E-state index in [1.165, 1.54) is 12.1 Å². The Bertz CT molecular complexity index is 879. The van der Waals surface area contributed by atoms with Crippen LogP contribution in [0.25, 0.3) is 11.1 Å². The first-order valence-corrected chi connectivity index (χ1v) is 10.3. The highest BCUT2D eigenvalue weighted by atomic mass is 19.1. The molecule has 29 heavy (non-hydrogen) atoms. The Labute approximate surface area is 172 Å². The minimum atomic E-state index is -0.628. The average molecular weight is 397 g/mol. The molecule has 1 N–H and O–H groups in total. The van der Waals surface area contributed by atoms with Crippen molar-refractivity contribution in [2.75, 3.05) is 13.1 Å². The van der Waals surface area contributed by atoms with E-state index in [2.05, 4.69) is 11.4 Å². The maximum Gasteiger partial charge on any atom is 0.228 e. The number of rotatable bonds is 6. The summed E-state index contributed by atoms with van der Waals surface area (Å²) in [4.78, 5) is 27.2. The molecule has 1 aliphatic rings. The Morgan fingerprint density at radius 2 is 1.86 bits per heavy atom. The first kappa shape index (κ1) is 21.0. The molecule has 1 atom stereocenters. The van der Waals surface area contributed by atoms with Gasteiger partial charge in [-0.3, -0.25) is 9.59 Å². The van der Waals surface area contributed by atoms with Crippen molar-refractivity contribution in [3.05, 3.63) is 59.9 Å². The first-order chi connectivity index (χ1) is 13.8. The number of nitrogens with zero attached hydrogens (tertiary/aromatic N) is 1. The standard InChI is InChI=1S/C24H29FN2O2/c1-4-22(28)27-13-12-24(16-27,23(29)26-17(2)3)15-18-6-5-7-20(14-18)19-8-10-21(25)11-9-19/h5-11,14,17H,4,12-13,15-16H2,1-3H3,(H,26,29)/t24-/m1/s1. The fourth-order valence-electron chi connectivity index (χ4n) is 4.03. The van der Waals surface area contributed by atoms with Crippen molar-refractivity contribution in [3.63, 3.8) is 0 Å². The van der Waals surface area contributed by atoms with Crippen LogP contribution in [0.4, 0.5) is 4.39 Å². The summed E-state index contributed by atoms with van der Waals surface area (Å²) in [6, 6.07) is 14.5. The summed E-state index contributed by atoms with van der Waals surface area (Å²) in [5.74, 6) is -0.170. The molecule has 0 bridgehead atoms. The van der Waals surface area contributed by atoms with E-state index in [-0.39, 0.29) is 23.7 Å². The van der Waals surface area contributed by atoms with Crippen LogP contribution in [0.15, 0.2) is 48.5 Å². The lowest BCUT2D eigenvalue weighted by Crippen LogP contribution is -2.47. The van der Waals surface area contributed by atoms with Gasteiger partial charge in [0.2, 0.25) is 11.8 Å². The molecule has 2 aromatic carbocycles. The molecule has 1 aliphatic heterocycles. The summed E-state index contributed by atoms with van der Waals surface area (Å²) in [6.07, 6.45) is 1.66. The highest BCUT2D eigenvalue weighted by Crippen LogP contribution is 2.36. The van der Waals surface area contributed by atoms with E-state index in [1.54, 1.807) is 12.1 Å². The summed E-state index contributed by atoms with van der Waals surface area (Å²) >= 11 is 0. The van der Waals surface area contributed by atoms with Crippen LogP contribution in [0.1, 0.15) is 39.2 Å². The third-order valence-electron chi connectivity index (χ3n) is 5.56. The molecule has 0 spiro atoms. The Morgan fingerprint density at radius 1 is 1.14 bits per heavy atom. The highest BCUT2D eigenvalue weighted by Gasteiger charge is 2.45. The number of hydrogen-bond acceptors (Lipinski definition) is 2. The fraction of sp³-hybridized carbons (Fsp3) is 0.417. The number of benzene rings is 2. The third-order valence-corrected chi connectivity index (χ3v) is 5.56. The monoisotopic (exact) mass is 396 g/mol. The molecular weight excluding hydrogens is 367 g/mol. The lowest BCUT2D eigenvalue weighted by Gasteiger charge is -2.29.